The van der Waals surface area contributed by atoms with Gasteiger partial charge in [0, 0.05) is 19.2 Å². The molecule has 0 saturated carbocycles. The topological polar surface area (TPSA) is 93.1 Å². The molecule has 0 fully saturated rings. The SMILES string of the molecule is C=C(CCl)Nc1cccc2nc(C)n(C(CCC=O)C(=O)NC)c(=O)c12. The Labute approximate surface area is 156 Å². The van der Waals surface area contributed by atoms with Crippen molar-refractivity contribution in [1.29, 1.82) is 0 Å². The molecule has 0 aliphatic rings. The minimum Gasteiger partial charge on any atom is -0.358 e. The predicted molar refractivity (Wildman–Crippen MR) is 103 cm³/mol. The van der Waals surface area contributed by atoms with E-state index in [1.807, 2.05) is 0 Å². The summed E-state index contributed by atoms with van der Waals surface area (Å²) < 4.78 is 1.33. The van der Waals surface area contributed by atoms with Crippen molar-refractivity contribution in [2.24, 2.45) is 0 Å². The van der Waals surface area contributed by atoms with Crippen LogP contribution in [-0.4, -0.2) is 34.7 Å². The third kappa shape index (κ3) is 3.94. The highest BCUT2D eigenvalue weighted by Gasteiger charge is 2.24. The molecule has 1 aromatic heterocycles. The van der Waals surface area contributed by atoms with Crippen LogP contribution in [0.25, 0.3) is 10.9 Å². The van der Waals surface area contributed by atoms with Crippen molar-refractivity contribution in [3.8, 4) is 0 Å². The van der Waals surface area contributed by atoms with Gasteiger partial charge < -0.3 is 15.4 Å². The van der Waals surface area contributed by atoms with Gasteiger partial charge in [-0.05, 0) is 25.5 Å². The van der Waals surface area contributed by atoms with Crippen LogP contribution in [0.5, 0.6) is 0 Å². The summed E-state index contributed by atoms with van der Waals surface area (Å²) in [5, 5.41) is 5.89. The molecule has 1 amide bonds. The first-order chi connectivity index (χ1) is 12.4. The summed E-state index contributed by atoms with van der Waals surface area (Å²) in [5.74, 6) is 0.230. The van der Waals surface area contributed by atoms with Crippen molar-refractivity contribution in [2.75, 3.05) is 18.2 Å². The smallest absolute Gasteiger partial charge is 0.264 e. The van der Waals surface area contributed by atoms with E-state index in [9.17, 15) is 14.4 Å². The molecule has 2 rings (SSSR count). The monoisotopic (exact) mass is 376 g/mol. The summed E-state index contributed by atoms with van der Waals surface area (Å²) in [6, 6.07) is 4.40. The number of hydrogen-bond donors (Lipinski definition) is 2. The number of anilines is 1. The third-order valence-electron chi connectivity index (χ3n) is 4.00. The third-order valence-corrected chi connectivity index (χ3v) is 4.32. The van der Waals surface area contributed by atoms with E-state index in [-0.39, 0.29) is 30.2 Å². The van der Waals surface area contributed by atoms with E-state index in [4.69, 9.17) is 11.6 Å². The lowest BCUT2D eigenvalue weighted by Crippen LogP contribution is -2.37. The number of amides is 1. The maximum absolute atomic E-state index is 13.2. The van der Waals surface area contributed by atoms with Crippen molar-refractivity contribution in [2.45, 2.75) is 25.8 Å². The van der Waals surface area contributed by atoms with Gasteiger partial charge in [0.1, 0.15) is 18.2 Å². The number of nitrogens with zero attached hydrogens (tertiary/aromatic N) is 2. The van der Waals surface area contributed by atoms with Crippen LogP contribution in [0.2, 0.25) is 0 Å². The Kier molecular flexibility index (Phi) is 6.52. The lowest BCUT2D eigenvalue weighted by molar-refractivity contribution is -0.124. The van der Waals surface area contributed by atoms with Gasteiger partial charge in [-0.2, -0.15) is 0 Å². The van der Waals surface area contributed by atoms with E-state index in [0.717, 1.165) is 6.29 Å². The Morgan fingerprint density at radius 2 is 2.19 bits per heavy atom. The summed E-state index contributed by atoms with van der Waals surface area (Å²) in [5.41, 5.74) is 1.19. The molecule has 0 saturated heterocycles. The maximum Gasteiger partial charge on any atom is 0.264 e. The number of rotatable bonds is 8. The van der Waals surface area contributed by atoms with E-state index in [1.165, 1.54) is 11.6 Å². The fourth-order valence-electron chi connectivity index (χ4n) is 2.82. The lowest BCUT2D eigenvalue weighted by atomic mass is 10.1. The number of benzene rings is 1. The quantitative estimate of drug-likeness (QED) is 0.544. The van der Waals surface area contributed by atoms with Gasteiger partial charge in [0.25, 0.3) is 5.56 Å². The zero-order valence-electron chi connectivity index (χ0n) is 14.7. The number of aromatic nitrogens is 2. The summed E-state index contributed by atoms with van der Waals surface area (Å²) in [4.78, 5) is 40.8. The molecule has 1 heterocycles. The molecule has 8 heteroatoms. The van der Waals surface area contributed by atoms with Crippen LogP contribution in [0.4, 0.5) is 5.69 Å². The van der Waals surface area contributed by atoms with Crippen LogP contribution in [0.3, 0.4) is 0 Å². The number of fused-ring (bicyclic) bond motifs is 1. The van der Waals surface area contributed by atoms with E-state index < -0.39 is 6.04 Å². The molecule has 2 N–H and O–H groups in total. The first-order valence-electron chi connectivity index (χ1n) is 8.12. The van der Waals surface area contributed by atoms with Crippen molar-refractivity contribution < 1.29 is 9.59 Å². The number of aldehydes is 1. The van der Waals surface area contributed by atoms with Gasteiger partial charge in [-0.3, -0.25) is 14.2 Å². The van der Waals surface area contributed by atoms with Gasteiger partial charge in [-0.15, -0.1) is 11.6 Å². The number of allylic oxidation sites excluding steroid dienone is 1. The Bertz CT molecular complexity index is 907. The minimum absolute atomic E-state index is 0.158. The van der Waals surface area contributed by atoms with Crippen LogP contribution >= 0.6 is 11.6 Å². The Hall–Kier alpha value is -2.67. The molecule has 0 spiro atoms. The summed E-state index contributed by atoms with van der Waals surface area (Å²) in [6.45, 7) is 5.45. The number of alkyl halides is 1. The van der Waals surface area contributed by atoms with Gasteiger partial charge in [-0.25, -0.2) is 4.98 Å². The second-order valence-electron chi connectivity index (χ2n) is 5.77. The predicted octanol–water partition coefficient (Wildman–Crippen LogP) is 2.14. The van der Waals surface area contributed by atoms with Gasteiger partial charge in [0.05, 0.1) is 22.5 Å². The maximum atomic E-state index is 13.2. The number of aryl methyl sites for hydroxylation is 1. The van der Waals surface area contributed by atoms with Crippen molar-refractivity contribution in [3.05, 3.63) is 46.7 Å². The molecule has 1 unspecified atom stereocenters. The Morgan fingerprint density at radius 1 is 1.46 bits per heavy atom. The molecular formula is C18H21ClN4O3. The van der Waals surface area contributed by atoms with Gasteiger partial charge in [0.2, 0.25) is 5.91 Å². The summed E-state index contributed by atoms with van der Waals surface area (Å²) in [6.07, 6.45) is 1.09. The van der Waals surface area contributed by atoms with Crippen molar-refractivity contribution in [1.82, 2.24) is 14.9 Å². The molecule has 1 atom stereocenters. The molecule has 2 aromatic rings. The average molecular weight is 377 g/mol. The molecule has 26 heavy (non-hydrogen) atoms. The molecule has 1 aromatic carbocycles. The molecule has 0 aliphatic heterocycles. The zero-order valence-corrected chi connectivity index (χ0v) is 15.5. The van der Waals surface area contributed by atoms with Crippen LogP contribution < -0.4 is 16.2 Å². The highest BCUT2D eigenvalue weighted by molar-refractivity contribution is 6.19. The van der Waals surface area contributed by atoms with Crippen molar-refractivity contribution in [3.63, 3.8) is 0 Å². The van der Waals surface area contributed by atoms with E-state index in [1.54, 1.807) is 25.1 Å². The molecule has 0 aliphatic carbocycles. The summed E-state index contributed by atoms with van der Waals surface area (Å²) >= 11 is 5.77. The molecule has 0 bridgehead atoms. The number of nitrogens with one attached hydrogen (secondary N) is 2. The number of carbonyl (C=O) groups is 2. The summed E-state index contributed by atoms with van der Waals surface area (Å²) in [7, 11) is 1.49. The minimum atomic E-state index is -0.820. The van der Waals surface area contributed by atoms with Crippen LogP contribution in [0.1, 0.15) is 24.7 Å². The molecule has 138 valence electrons. The molecular weight excluding hydrogens is 356 g/mol. The van der Waals surface area contributed by atoms with Crippen LogP contribution in [0, 0.1) is 6.92 Å². The highest BCUT2D eigenvalue weighted by Crippen LogP contribution is 2.23. The lowest BCUT2D eigenvalue weighted by Gasteiger charge is -2.21. The number of carbonyl (C=O) groups excluding carboxylic acids is 2. The second kappa shape index (κ2) is 8.62. The van der Waals surface area contributed by atoms with Crippen molar-refractivity contribution >= 4 is 40.4 Å². The number of likely N-dealkylation sites (N-methyl/N-ethyl adjacent to an activating group) is 1. The normalized spacial score (nSPS) is 11.8. The highest BCUT2D eigenvalue weighted by atomic mass is 35.5. The largest absolute Gasteiger partial charge is 0.358 e. The first-order valence-corrected chi connectivity index (χ1v) is 8.65. The standard InChI is InChI=1S/C18H21ClN4O3/c1-11(10-19)21-13-6-4-7-14-16(13)18(26)23(12(2)22-14)15(8-5-9-24)17(25)20-3/h4,6-7,9,15,21H,1,5,8,10H2,2-3H3,(H,20,25). The fourth-order valence-corrected chi connectivity index (χ4v) is 2.89. The van der Waals surface area contributed by atoms with E-state index in [2.05, 4.69) is 22.2 Å². The van der Waals surface area contributed by atoms with E-state index in [0.29, 0.717) is 28.1 Å². The van der Waals surface area contributed by atoms with E-state index >= 15 is 0 Å². The van der Waals surface area contributed by atoms with Crippen LogP contribution in [0.15, 0.2) is 35.3 Å². The molecule has 7 nitrogen and oxygen atoms in total. The molecule has 0 radical (unpaired) electrons. The van der Waals surface area contributed by atoms with Gasteiger partial charge in [0.15, 0.2) is 0 Å². The number of halogens is 1. The average Bonchev–Trinajstić information content (AvgIpc) is 2.63. The first kappa shape index (κ1) is 19.7. The number of hydrogen-bond acceptors (Lipinski definition) is 5. The van der Waals surface area contributed by atoms with Crippen LogP contribution in [-0.2, 0) is 9.59 Å². The zero-order chi connectivity index (χ0) is 19.3. The Morgan fingerprint density at radius 3 is 2.81 bits per heavy atom. The van der Waals surface area contributed by atoms with Gasteiger partial charge in [-0.1, -0.05) is 12.6 Å². The second-order valence-corrected chi connectivity index (χ2v) is 6.04. The Balaban J connectivity index is 2.71. The fraction of sp³-hybridized carbons (Fsp3) is 0.333. The van der Waals surface area contributed by atoms with Gasteiger partial charge >= 0.3 is 0 Å².